The first-order valence-corrected chi connectivity index (χ1v) is 11.4. The molecule has 33 heavy (non-hydrogen) atoms. The van der Waals surface area contributed by atoms with Crippen LogP contribution < -0.4 is 4.90 Å². The number of benzene rings is 1. The number of carbonyl (C=O) groups excluding carboxylic acids is 2. The highest BCUT2D eigenvalue weighted by Gasteiger charge is 2.26. The van der Waals surface area contributed by atoms with Crippen LogP contribution in [0.4, 0.5) is 9.52 Å². The van der Waals surface area contributed by atoms with Crippen LogP contribution in [0.15, 0.2) is 28.8 Å². The van der Waals surface area contributed by atoms with Crippen LogP contribution in [0.1, 0.15) is 66.8 Å². The molecule has 0 aliphatic heterocycles. The summed E-state index contributed by atoms with van der Waals surface area (Å²) in [5.41, 5.74) is 0.947. The minimum absolute atomic E-state index is 0.0976. The van der Waals surface area contributed by atoms with Crippen LogP contribution in [0.5, 0.6) is 0 Å². The Bertz CT molecular complexity index is 1120. The van der Waals surface area contributed by atoms with Gasteiger partial charge in [-0.25, -0.2) is 14.2 Å². The van der Waals surface area contributed by atoms with E-state index in [9.17, 15) is 14.0 Å². The number of nitrogens with zero attached hydrogens (tertiary/aromatic N) is 4. The molecule has 3 rings (SSSR count). The number of carbonyl (C=O) groups is 2. The average molecular weight is 475 g/mol. The summed E-state index contributed by atoms with van der Waals surface area (Å²) >= 11 is 1.09. The topological polar surface area (TPSA) is 98.4 Å². The van der Waals surface area contributed by atoms with E-state index in [1.54, 1.807) is 26.0 Å². The SMILES string of the molecule is CCOC(=O)c1sc(N(Cc2ccc(F)cc2)C(=O)CCc2nc(C(C)(C)C)no2)nc1C. The van der Waals surface area contributed by atoms with Crippen LogP contribution in [0.3, 0.4) is 0 Å². The fourth-order valence-corrected chi connectivity index (χ4v) is 3.91. The molecule has 0 spiro atoms. The van der Waals surface area contributed by atoms with Gasteiger partial charge in [-0.05, 0) is 31.5 Å². The quantitative estimate of drug-likeness (QED) is 0.440. The first kappa shape index (κ1) is 24.5. The van der Waals surface area contributed by atoms with Crippen molar-refractivity contribution < 1.29 is 23.2 Å². The second kappa shape index (κ2) is 10.2. The van der Waals surface area contributed by atoms with Crippen LogP contribution in [0, 0.1) is 12.7 Å². The number of hydrogen-bond acceptors (Lipinski definition) is 8. The van der Waals surface area contributed by atoms with E-state index in [-0.39, 0.29) is 43.1 Å². The lowest BCUT2D eigenvalue weighted by atomic mass is 9.96. The lowest BCUT2D eigenvalue weighted by molar-refractivity contribution is -0.118. The van der Waals surface area contributed by atoms with E-state index in [1.165, 1.54) is 17.0 Å². The summed E-state index contributed by atoms with van der Waals surface area (Å²) in [5.74, 6) is -0.134. The van der Waals surface area contributed by atoms with Crippen molar-refractivity contribution in [3.05, 3.63) is 57.9 Å². The molecule has 8 nitrogen and oxygen atoms in total. The smallest absolute Gasteiger partial charge is 0.350 e. The van der Waals surface area contributed by atoms with Crippen molar-refractivity contribution in [1.82, 2.24) is 15.1 Å². The molecule has 1 amide bonds. The summed E-state index contributed by atoms with van der Waals surface area (Å²) in [6.45, 7) is 9.76. The summed E-state index contributed by atoms with van der Waals surface area (Å²) in [7, 11) is 0. The molecule has 10 heteroatoms. The van der Waals surface area contributed by atoms with Gasteiger partial charge in [0.15, 0.2) is 11.0 Å². The van der Waals surface area contributed by atoms with E-state index in [4.69, 9.17) is 9.26 Å². The van der Waals surface area contributed by atoms with Gasteiger partial charge in [0.1, 0.15) is 10.7 Å². The van der Waals surface area contributed by atoms with E-state index < -0.39 is 5.97 Å². The molecule has 0 aliphatic carbocycles. The number of aromatic nitrogens is 3. The summed E-state index contributed by atoms with van der Waals surface area (Å²) in [6.07, 6.45) is 0.358. The summed E-state index contributed by atoms with van der Waals surface area (Å²) < 4.78 is 23.7. The number of rotatable bonds is 8. The van der Waals surface area contributed by atoms with E-state index in [1.807, 2.05) is 20.8 Å². The molecular formula is C23H27FN4O4S. The molecule has 0 atom stereocenters. The Morgan fingerprint density at radius 1 is 1.18 bits per heavy atom. The molecule has 2 heterocycles. The maximum atomic E-state index is 13.4. The van der Waals surface area contributed by atoms with Crippen molar-refractivity contribution in [2.45, 2.75) is 59.4 Å². The summed E-state index contributed by atoms with van der Waals surface area (Å²) in [6, 6.07) is 5.88. The van der Waals surface area contributed by atoms with Crippen LogP contribution in [-0.2, 0) is 27.9 Å². The highest BCUT2D eigenvalue weighted by atomic mass is 32.1. The molecule has 0 unspecified atom stereocenters. The van der Waals surface area contributed by atoms with E-state index >= 15 is 0 Å². The van der Waals surface area contributed by atoms with Crippen LogP contribution in [0.2, 0.25) is 0 Å². The third kappa shape index (κ3) is 6.22. The Balaban J connectivity index is 1.83. The van der Waals surface area contributed by atoms with Crippen molar-refractivity contribution in [3.8, 4) is 0 Å². The Kier molecular flexibility index (Phi) is 7.57. The number of anilines is 1. The van der Waals surface area contributed by atoms with Gasteiger partial charge in [-0.2, -0.15) is 4.98 Å². The molecule has 0 radical (unpaired) electrons. The Morgan fingerprint density at radius 2 is 1.88 bits per heavy atom. The van der Waals surface area contributed by atoms with Gasteiger partial charge >= 0.3 is 5.97 Å². The predicted molar refractivity (Wildman–Crippen MR) is 122 cm³/mol. The maximum Gasteiger partial charge on any atom is 0.350 e. The van der Waals surface area contributed by atoms with Crippen molar-refractivity contribution in [2.75, 3.05) is 11.5 Å². The average Bonchev–Trinajstić information content (AvgIpc) is 3.38. The number of hydrogen-bond donors (Lipinski definition) is 0. The van der Waals surface area contributed by atoms with Crippen molar-refractivity contribution >= 4 is 28.3 Å². The second-order valence-electron chi connectivity index (χ2n) is 8.50. The lowest BCUT2D eigenvalue weighted by Crippen LogP contribution is -2.30. The summed E-state index contributed by atoms with van der Waals surface area (Å²) in [4.78, 5) is 36.1. The number of ether oxygens (including phenoxy) is 1. The number of aryl methyl sites for hydroxylation is 2. The van der Waals surface area contributed by atoms with E-state index in [0.717, 1.165) is 16.9 Å². The Morgan fingerprint density at radius 3 is 2.48 bits per heavy atom. The van der Waals surface area contributed by atoms with Gasteiger partial charge in [0.2, 0.25) is 11.8 Å². The van der Waals surface area contributed by atoms with Gasteiger partial charge in [-0.1, -0.05) is 49.4 Å². The Hall–Kier alpha value is -3.14. The number of amides is 1. The van der Waals surface area contributed by atoms with Gasteiger partial charge < -0.3 is 9.26 Å². The number of thiazole rings is 1. The zero-order valence-electron chi connectivity index (χ0n) is 19.3. The Labute approximate surface area is 195 Å². The van der Waals surface area contributed by atoms with Crippen LogP contribution in [0.25, 0.3) is 0 Å². The largest absolute Gasteiger partial charge is 0.462 e. The maximum absolute atomic E-state index is 13.4. The molecular weight excluding hydrogens is 447 g/mol. The highest BCUT2D eigenvalue weighted by molar-refractivity contribution is 7.17. The summed E-state index contributed by atoms with van der Waals surface area (Å²) in [5, 5.41) is 4.35. The number of halogens is 1. The second-order valence-corrected chi connectivity index (χ2v) is 9.48. The first-order valence-electron chi connectivity index (χ1n) is 10.6. The molecule has 0 saturated heterocycles. The minimum atomic E-state index is -0.478. The van der Waals surface area contributed by atoms with Crippen molar-refractivity contribution in [2.24, 2.45) is 0 Å². The van der Waals surface area contributed by atoms with E-state index in [2.05, 4.69) is 15.1 Å². The molecule has 0 N–H and O–H groups in total. The van der Waals surface area contributed by atoms with Crippen molar-refractivity contribution in [1.29, 1.82) is 0 Å². The first-order chi connectivity index (χ1) is 15.6. The van der Waals surface area contributed by atoms with Gasteiger partial charge in [-0.15, -0.1) is 0 Å². The van der Waals surface area contributed by atoms with Crippen LogP contribution in [-0.4, -0.2) is 33.6 Å². The molecule has 0 aliphatic rings. The van der Waals surface area contributed by atoms with Crippen molar-refractivity contribution in [3.63, 3.8) is 0 Å². The molecule has 3 aromatic rings. The van der Waals surface area contributed by atoms with Gasteiger partial charge in [0, 0.05) is 18.3 Å². The highest BCUT2D eigenvalue weighted by Crippen LogP contribution is 2.29. The monoisotopic (exact) mass is 474 g/mol. The molecule has 0 saturated carbocycles. The fourth-order valence-electron chi connectivity index (χ4n) is 2.93. The van der Waals surface area contributed by atoms with Crippen LogP contribution >= 0.6 is 11.3 Å². The zero-order chi connectivity index (χ0) is 24.2. The lowest BCUT2D eigenvalue weighted by Gasteiger charge is -2.20. The normalized spacial score (nSPS) is 11.5. The third-order valence-electron chi connectivity index (χ3n) is 4.72. The standard InChI is InChI=1S/C23H27FN4O4S/c1-6-31-20(30)19-14(2)25-22(33-19)28(13-15-7-9-16(24)10-8-15)18(29)12-11-17-26-21(27-32-17)23(3,4)5/h7-10H,6,11-13H2,1-5H3. The minimum Gasteiger partial charge on any atom is -0.462 e. The molecule has 1 aromatic carbocycles. The molecule has 0 fully saturated rings. The molecule has 176 valence electrons. The molecule has 0 bridgehead atoms. The van der Waals surface area contributed by atoms with Gasteiger partial charge in [0.25, 0.3) is 0 Å². The zero-order valence-corrected chi connectivity index (χ0v) is 20.2. The number of esters is 1. The van der Waals surface area contributed by atoms with Gasteiger partial charge in [-0.3, -0.25) is 9.69 Å². The fraction of sp³-hybridized carbons (Fsp3) is 0.435. The third-order valence-corrected chi connectivity index (χ3v) is 5.88. The molecule has 2 aromatic heterocycles. The van der Waals surface area contributed by atoms with Gasteiger partial charge in [0.05, 0.1) is 18.8 Å². The predicted octanol–water partition coefficient (Wildman–Crippen LogP) is 4.61. The van der Waals surface area contributed by atoms with E-state index in [0.29, 0.717) is 27.4 Å².